The number of hydrogen-bond acceptors (Lipinski definition) is 4. The molecule has 0 aromatic heterocycles. The van der Waals surface area contributed by atoms with Crippen LogP contribution in [0, 0.1) is 11.3 Å². The first kappa shape index (κ1) is 18.9. The molecule has 1 saturated carbocycles. The largest absolute Gasteiger partial charge is 0.497 e. The number of anilines is 1. The van der Waals surface area contributed by atoms with Crippen LogP contribution in [0.1, 0.15) is 24.8 Å². The fraction of sp³-hybridized carbons (Fsp3) is 0.364. The lowest BCUT2D eigenvalue weighted by Crippen LogP contribution is -2.41. The maximum absolute atomic E-state index is 13.0. The van der Waals surface area contributed by atoms with E-state index in [2.05, 4.69) is 11.0 Å². The average molecular weight is 363 g/mol. The van der Waals surface area contributed by atoms with E-state index in [0.717, 1.165) is 30.8 Å². The molecule has 0 unspecified atom stereocenters. The molecular formula is C22H25N3O2. The molecule has 0 radical (unpaired) electrons. The van der Waals surface area contributed by atoms with Crippen molar-refractivity contribution in [1.29, 1.82) is 5.26 Å². The number of nitrogens with zero attached hydrogens (tertiary/aromatic N) is 3. The van der Waals surface area contributed by atoms with Crippen LogP contribution in [0.2, 0.25) is 0 Å². The Kier molecular flexibility index (Phi) is 6.45. The number of hydrogen-bond donors (Lipinski definition) is 0. The van der Waals surface area contributed by atoms with E-state index in [4.69, 9.17) is 10.00 Å². The second kappa shape index (κ2) is 9.20. The Balaban J connectivity index is 1.70. The van der Waals surface area contributed by atoms with Crippen molar-refractivity contribution in [3.8, 4) is 11.8 Å². The molecule has 1 amide bonds. The molecule has 2 aromatic carbocycles. The summed E-state index contributed by atoms with van der Waals surface area (Å²) in [7, 11) is 1.66. The van der Waals surface area contributed by atoms with Crippen molar-refractivity contribution in [2.24, 2.45) is 0 Å². The first-order valence-corrected chi connectivity index (χ1v) is 9.30. The molecule has 0 spiro atoms. The number of carbonyl (C=O) groups excluding carboxylic acids is 1. The van der Waals surface area contributed by atoms with Crippen LogP contribution in [0.25, 0.3) is 0 Å². The molecule has 0 bridgehead atoms. The molecule has 5 heteroatoms. The normalized spacial score (nSPS) is 13.2. The highest BCUT2D eigenvalue weighted by atomic mass is 16.5. The Morgan fingerprint density at radius 2 is 1.85 bits per heavy atom. The Bertz CT molecular complexity index is 779. The minimum atomic E-state index is 0.0388. The monoisotopic (exact) mass is 363 g/mol. The molecule has 0 atom stereocenters. The molecular weight excluding hydrogens is 338 g/mol. The van der Waals surface area contributed by atoms with Crippen LogP contribution in [0.4, 0.5) is 5.69 Å². The summed E-state index contributed by atoms with van der Waals surface area (Å²) in [6, 6.07) is 20.2. The zero-order valence-corrected chi connectivity index (χ0v) is 15.7. The topological polar surface area (TPSA) is 56.6 Å². The van der Waals surface area contributed by atoms with Crippen molar-refractivity contribution in [2.75, 3.05) is 25.1 Å². The number of carbonyl (C=O) groups is 1. The van der Waals surface area contributed by atoms with Crippen LogP contribution in [-0.4, -0.2) is 37.0 Å². The lowest BCUT2D eigenvalue weighted by Gasteiger charge is -2.27. The van der Waals surface area contributed by atoms with Crippen LogP contribution in [0.15, 0.2) is 54.6 Å². The van der Waals surface area contributed by atoms with E-state index >= 15 is 0 Å². The van der Waals surface area contributed by atoms with Gasteiger partial charge in [0.15, 0.2) is 0 Å². The minimum Gasteiger partial charge on any atom is -0.497 e. The van der Waals surface area contributed by atoms with Crippen molar-refractivity contribution < 1.29 is 9.53 Å². The molecule has 27 heavy (non-hydrogen) atoms. The molecule has 0 heterocycles. The summed E-state index contributed by atoms with van der Waals surface area (Å²) in [5, 5.41) is 8.95. The molecule has 0 saturated heterocycles. The predicted molar refractivity (Wildman–Crippen MR) is 105 cm³/mol. The van der Waals surface area contributed by atoms with Gasteiger partial charge in [0.2, 0.25) is 5.91 Å². The molecule has 0 aliphatic heterocycles. The van der Waals surface area contributed by atoms with E-state index < -0.39 is 0 Å². The third-order valence-corrected chi connectivity index (χ3v) is 4.76. The first-order valence-electron chi connectivity index (χ1n) is 9.30. The van der Waals surface area contributed by atoms with Crippen molar-refractivity contribution in [3.05, 3.63) is 60.2 Å². The van der Waals surface area contributed by atoms with Crippen molar-refractivity contribution in [1.82, 2.24) is 4.90 Å². The molecule has 1 aliphatic carbocycles. The second-order valence-corrected chi connectivity index (χ2v) is 6.77. The van der Waals surface area contributed by atoms with Gasteiger partial charge in [0.25, 0.3) is 0 Å². The Labute approximate surface area is 160 Å². The number of methoxy groups -OCH3 is 1. The van der Waals surface area contributed by atoms with Gasteiger partial charge in [-0.05, 0) is 42.7 Å². The van der Waals surface area contributed by atoms with Gasteiger partial charge in [0.1, 0.15) is 5.75 Å². The number of amides is 1. The third-order valence-electron chi connectivity index (χ3n) is 4.76. The maximum atomic E-state index is 13.0. The van der Waals surface area contributed by atoms with Crippen LogP contribution < -0.4 is 9.64 Å². The highest BCUT2D eigenvalue weighted by molar-refractivity contribution is 5.94. The standard InChI is InChI=1S/C22H25N3O2/c1-27-21-12-8-18(9-13-21)16-24(19-10-11-19)17-22(26)25(15-5-14-23)20-6-3-2-4-7-20/h2-4,6-9,12-13,19H,5,10-11,15-17H2,1H3. The number of nitriles is 1. The summed E-state index contributed by atoms with van der Waals surface area (Å²) in [6.45, 7) is 1.51. The quantitative estimate of drug-likeness (QED) is 0.683. The zero-order valence-electron chi connectivity index (χ0n) is 15.7. The minimum absolute atomic E-state index is 0.0388. The van der Waals surface area contributed by atoms with Crippen LogP contribution in [0.5, 0.6) is 5.75 Å². The Hall–Kier alpha value is -2.84. The van der Waals surface area contributed by atoms with Gasteiger partial charge < -0.3 is 9.64 Å². The molecule has 140 valence electrons. The summed E-state index contributed by atoms with van der Waals surface area (Å²) in [6.07, 6.45) is 2.59. The summed E-state index contributed by atoms with van der Waals surface area (Å²) in [5.74, 6) is 0.872. The van der Waals surface area contributed by atoms with E-state index in [9.17, 15) is 4.79 Å². The van der Waals surface area contributed by atoms with E-state index in [1.54, 1.807) is 12.0 Å². The van der Waals surface area contributed by atoms with Gasteiger partial charge in [-0.1, -0.05) is 30.3 Å². The summed E-state index contributed by atoms with van der Waals surface area (Å²) in [4.78, 5) is 17.0. The summed E-state index contributed by atoms with van der Waals surface area (Å²) in [5.41, 5.74) is 2.01. The molecule has 1 aliphatic rings. The fourth-order valence-corrected chi connectivity index (χ4v) is 3.15. The van der Waals surface area contributed by atoms with E-state index in [0.29, 0.717) is 25.6 Å². The fourth-order valence-electron chi connectivity index (χ4n) is 3.15. The first-order chi connectivity index (χ1) is 13.2. The third kappa shape index (κ3) is 5.32. The zero-order chi connectivity index (χ0) is 19.1. The number of benzene rings is 2. The smallest absolute Gasteiger partial charge is 0.241 e. The Morgan fingerprint density at radius 1 is 1.15 bits per heavy atom. The highest BCUT2D eigenvalue weighted by Gasteiger charge is 2.31. The van der Waals surface area contributed by atoms with E-state index in [1.165, 1.54) is 5.56 Å². The molecule has 3 rings (SSSR count). The van der Waals surface area contributed by atoms with Gasteiger partial charge >= 0.3 is 0 Å². The van der Waals surface area contributed by atoms with E-state index in [1.807, 2.05) is 54.6 Å². The van der Waals surface area contributed by atoms with Crippen molar-refractivity contribution >= 4 is 11.6 Å². The Morgan fingerprint density at radius 3 is 2.44 bits per heavy atom. The number of para-hydroxylation sites is 1. The summed E-state index contributed by atoms with van der Waals surface area (Å²) < 4.78 is 5.22. The molecule has 5 nitrogen and oxygen atoms in total. The molecule has 1 fully saturated rings. The maximum Gasteiger partial charge on any atom is 0.241 e. The van der Waals surface area contributed by atoms with Crippen LogP contribution in [0.3, 0.4) is 0 Å². The predicted octanol–water partition coefficient (Wildman–Crippen LogP) is 3.61. The van der Waals surface area contributed by atoms with Gasteiger partial charge in [-0.2, -0.15) is 5.26 Å². The summed E-state index contributed by atoms with van der Waals surface area (Å²) >= 11 is 0. The SMILES string of the molecule is COc1ccc(CN(CC(=O)N(CCC#N)c2ccccc2)C2CC2)cc1. The van der Waals surface area contributed by atoms with Gasteiger partial charge in [-0.3, -0.25) is 9.69 Å². The molecule has 2 aromatic rings. The van der Waals surface area contributed by atoms with Gasteiger partial charge in [-0.25, -0.2) is 0 Å². The number of ether oxygens (including phenoxy) is 1. The lowest BCUT2D eigenvalue weighted by molar-refractivity contribution is -0.120. The average Bonchev–Trinajstić information content (AvgIpc) is 3.54. The lowest BCUT2D eigenvalue weighted by atomic mass is 10.2. The molecule has 0 N–H and O–H groups in total. The second-order valence-electron chi connectivity index (χ2n) is 6.77. The van der Waals surface area contributed by atoms with Crippen LogP contribution in [-0.2, 0) is 11.3 Å². The van der Waals surface area contributed by atoms with Gasteiger partial charge in [-0.15, -0.1) is 0 Å². The van der Waals surface area contributed by atoms with E-state index in [-0.39, 0.29) is 5.91 Å². The number of rotatable bonds is 9. The van der Waals surface area contributed by atoms with Crippen LogP contribution >= 0.6 is 0 Å². The highest BCUT2D eigenvalue weighted by Crippen LogP contribution is 2.29. The van der Waals surface area contributed by atoms with Gasteiger partial charge in [0, 0.05) is 24.8 Å². The van der Waals surface area contributed by atoms with Crippen molar-refractivity contribution in [2.45, 2.75) is 31.8 Å². The van der Waals surface area contributed by atoms with Gasteiger partial charge in [0.05, 0.1) is 26.1 Å². The van der Waals surface area contributed by atoms with Crippen molar-refractivity contribution in [3.63, 3.8) is 0 Å².